The second-order valence-electron chi connectivity index (χ2n) is 4.44. The maximum Gasteiger partial charge on any atom is 0.250 e. The highest BCUT2D eigenvalue weighted by molar-refractivity contribution is 5.98. The molecule has 0 aliphatic heterocycles. The summed E-state index contributed by atoms with van der Waals surface area (Å²) in [7, 11) is 3.23. The number of amides is 1. The van der Waals surface area contributed by atoms with Crippen LogP contribution in [0.1, 0.15) is 15.9 Å². The van der Waals surface area contributed by atoms with E-state index < -0.39 is 5.91 Å². The molecule has 0 spiro atoms. The van der Waals surface area contributed by atoms with Gasteiger partial charge in [-0.05, 0) is 30.3 Å². The minimum Gasteiger partial charge on any atom is -0.497 e. The largest absolute Gasteiger partial charge is 0.497 e. The monoisotopic (exact) mass is 286 g/mol. The van der Waals surface area contributed by atoms with Crippen LogP contribution in [-0.4, -0.2) is 20.1 Å². The topological polar surface area (TPSA) is 73.6 Å². The third-order valence-electron chi connectivity index (χ3n) is 3.15. The van der Waals surface area contributed by atoms with Crippen LogP contribution in [0, 0.1) is 0 Å². The van der Waals surface area contributed by atoms with Crippen LogP contribution in [-0.2, 0) is 6.54 Å². The lowest BCUT2D eigenvalue weighted by Gasteiger charge is -2.13. The van der Waals surface area contributed by atoms with Gasteiger partial charge in [-0.25, -0.2) is 0 Å². The van der Waals surface area contributed by atoms with Gasteiger partial charge in [0.05, 0.1) is 19.8 Å². The van der Waals surface area contributed by atoms with Crippen molar-refractivity contribution in [3.63, 3.8) is 0 Å². The summed E-state index contributed by atoms with van der Waals surface area (Å²) in [6.07, 6.45) is 0. The van der Waals surface area contributed by atoms with Crippen molar-refractivity contribution in [2.45, 2.75) is 6.54 Å². The summed E-state index contributed by atoms with van der Waals surface area (Å²) in [5.74, 6) is 1.03. The van der Waals surface area contributed by atoms with E-state index in [9.17, 15) is 4.79 Å². The Morgan fingerprint density at radius 3 is 2.57 bits per heavy atom. The molecule has 0 atom stereocenters. The third-order valence-corrected chi connectivity index (χ3v) is 3.15. The lowest BCUT2D eigenvalue weighted by molar-refractivity contribution is 0.100. The van der Waals surface area contributed by atoms with E-state index >= 15 is 0 Å². The van der Waals surface area contributed by atoms with Crippen LogP contribution in [0.25, 0.3) is 0 Å². The number of anilines is 1. The molecule has 0 radical (unpaired) electrons. The second kappa shape index (κ2) is 6.65. The van der Waals surface area contributed by atoms with E-state index in [-0.39, 0.29) is 0 Å². The third kappa shape index (κ3) is 3.45. The molecule has 0 saturated heterocycles. The highest BCUT2D eigenvalue weighted by Gasteiger charge is 2.09. The number of carbonyl (C=O) groups is 1. The van der Waals surface area contributed by atoms with Gasteiger partial charge in [-0.15, -0.1) is 0 Å². The normalized spacial score (nSPS) is 10.0. The minimum absolute atomic E-state index is 0.458. The molecule has 2 rings (SSSR count). The molecule has 0 bridgehead atoms. The number of para-hydroxylation sites is 1. The van der Waals surface area contributed by atoms with Crippen LogP contribution in [0.3, 0.4) is 0 Å². The Balaban J connectivity index is 2.22. The van der Waals surface area contributed by atoms with E-state index in [4.69, 9.17) is 15.2 Å². The summed E-state index contributed by atoms with van der Waals surface area (Å²) in [5.41, 5.74) is 7.44. The second-order valence-corrected chi connectivity index (χ2v) is 4.44. The van der Waals surface area contributed by atoms with Crippen LogP contribution in [0.4, 0.5) is 5.69 Å². The van der Waals surface area contributed by atoms with Gasteiger partial charge in [0.15, 0.2) is 0 Å². The molecular weight excluding hydrogens is 268 g/mol. The van der Waals surface area contributed by atoms with Crippen molar-refractivity contribution in [1.82, 2.24) is 0 Å². The summed E-state index contributed by atoms with van der Waals surface area (Å²) >= 11 is 0. The zero-order valence-corrected chi connectivity index (χ0v) is 12.1. The predicted molar refractivity (Wildman–Crippen MR) is 81.8 cm³/mol. The van der Waals surface area contributed by atoms with Crippen molar-refractivity contribution in [1.29, 1.82) is 0 Å². The maximum absolute atomic E-state index is 11.4. The van der Waals surface area contributed by atoms with E-state index in [0.717, 1.165) is 17.1 Å². The van der Waals surface area contributed by atoms with E-state index in [1.54, 1.807) is 26.4 Å². The van der Waals surface area contributed by atoms with Gasteiger partial charge < -0.3 is 20.5 Å². The number of ether oxygens (including phenoxy) is 2. The van der Waals surface area contributed by atoms with Gasteiger partial charge in [-0.3, -0.25) is 4.79 Å². The lowest BCUT2D eigenvalue weighted by Crippen LogP contribution is -2.14. The molecule has 110 valence electrons. The average molecular weight is 286 g/mol. The summed E-state index contributed by atoms with van der Waals surface area (Å²) in [5, 5.41) is 3.20. The standard InChI is InChI=1S/C16H18N2O3/c1-20-12-7-8-15(21-2)11(9-12)10-18-14-6-4-3-5-13(14)16(17)19/h3-9,18H,10H2,1-2H3,(H2,17,19). The van der Waals surface area contributed by atoms with Crippen molar-refractivity contribution < 1.29 is 14.3 Å². The maximum atomic E-state index is 11.4. The molecule has 0 aliphatic carbocycles. The summed E-state index contributed by atoms with van der Waals surface area (Å²) in [4.78, 5) is 11.4. The van der Waals surface area contributed by atoms with Gasteiger partial charge in [0.25, 0.3) is 5.91 Å². The zero-order valence-electron chi connectivity index (χ0n) is 12.1. The molecule has 3 N–H and O–H groups in total. The van der Waals surface area contributed by atoms with Gasteiger partial charge in [0, 0.05) is 17.8 Å². The van der Waals surface area contributed by atoms with Gasteiger partial charge in [0.2, 0.25) is 0 Å². The summed E-state index contributed by atoms with van der Waals surface area (Å²) in [6.45, 7) is 0.491. The molecule has 2 aromatic rings. The van der Waals surface area contributed by atoms with Crippen molar-refractivity contribution >= 4 is 11.6 Å². The van der Waals surface area contributed by atoms with Crippen molar-refractivity contribution in [2.75, 3.05) is 19.5 Å². The Hall–Kier alpha value is -2.69. The van der Waals surface area contributed by atoms with Crippen molar-refractivity contribution in [2.24, 2.45) is 5.73 Å². The molecule has 0 fully saturated rings. The number of hydrogen-bond donors (Lipinski definition) is 2. The molecule has 2 aromatic carbocycles. The van der Waals surface area contributed by atoms with E-state index in [1.807, 2.05) is 30.3 Å². The number of carbonyl (C=O) groups excluding carboxylic acids is 1. The number of hydrogen-bond acceptors (Lipinski definition) is 4. The SMILES string of the molecule is COc1ccc(OC)c(CNc2ccccc2C(N)=O)c1. The van der Waals surface area contributed by atoms with Gasteiger partial charge >= 0.3 is 0 Å². The first kappa shape index (κ1) is 14.7. The summed E-state index contributed by atoms with van der Waals surface area (Å²) in [6, 6.07) is 12.7. The Morgan fingerprint density at radius 1 is 1.14 bits per heavy atom. The Kier molecular flexibility index (Phi) is 4.66. The molecule has 1 amide bonds. The van der Waals surface area contributed by atoms with Crippen LogP contribution in [0.2, 0.25) is 0 Å². The van der Waals surface area contributed by atoms with Crippen LogP contribution >= 0.6 is 0 Å². The first-order valence-electron chi connectivity index (χ1n) is 6.49. The fourth-order valence-electron chi connectivity index (χ4n) is 2.06. The molecule has 0 saturated carbocycles. The number of benzene rings is 2. The highest BCUT2D eigenvalue weighted by Crippen LogP contribution is 2.25. The zero-order chi connectivity index (χ0) is 15.2. The highest BCUT2D eigenvalue weighted by atomic mass is 16.5. The molecule has 0 aliphatic rings. The fourth-order valence-corrected chi connectivity index (χ4v) is 2.06. The first-order valence-corrected chi connectivity index (χ1v) is 6.49. The van der Waals surface area contributed by atoms with E-state index in [2.05, 4.69) is 5.32 Å². The Morgan fingerprint density at radius 2 is 1.90 bits per heavy atom. The molecule has 5 heteroatoms. The fraction of sp³-hybridized carbons (Fsp3) is 0.188. The Bertz CT molecular complexity index is 641. The molecule has 0 heterocycles. The average Bonchev–Trinajstić information content (AvgIpc) is 2.52. The predicted octanol–water partition coefficient (Wildman–Crippen LogP) is 2.41. The molecule has 0 aromatic heterocycles. The first-order chi connectivity index (χ1) is 10.2. The van der Waals surface area contributed by atoms with Crippen molar-refractivity contribution in [3.05, 3.63) is 53.6 Å². The molecule has 21 heavy (non-hydrogen) atoms. The number of rotatable bonds is 6. The number of nitrogens with two attached hydrogens (primary N) is 1. The van der Waals surface area contributed by atoms with E-state index in [0.29, 0.717) is 17.8 Å². The van der Waals surface area contributed by atoms with Gasteiger partial charge in [0.1, 0.15) is 11.5 Å². The summed E-state index contributed by atoms with van der Waals surface area (Å²) < 4.78 is 10.5. The lowest BCUT2D eigenvalue weighted by atomic mass is 10.1. The van der Waals surface area contributed by atoms with Crippen LogP contribution in [0.15, 0.2) is 42.5 Å². The minimum atomic E-state index is -0.462. The van der Waals surface area contributed by atoms with Gasteiger partial charge in [-0.1, -0.05) is 12.1 Å². The smallest absolute Gasteiger partial charge is 0.250 e. The molecular formula is C16H18N2O3. The number of methoxy groups -OCH3 is 2. The Labute approximate surface area is 123 Å². The van der Waals surface area contributed by atoms with Gasteiger partial charge in [-0.2, -0.15) is 0 Å². The van der Waals surface area contributed by atoms with Crippen LogP contribution in [0.5, 0.6) is 11.5 Å². The van der Waals surface area contributed by atoms with Crippen LogP contribution < -0.4 is 20.5 Å². The molecule has 5 nitrogen and oxygen atoms in total. The number of primary amides is 1. The van der Waals surface area contributed by atoms with Crippen molar-refractivity contribution in [3.8, 4) is 11.5 Å². The molecule has 0 unspecified atom stereocenters. The quantitative estimate of drug-likeness (QED) is 0.855. The number of nitrogens with one attached hydrogen (secondary N) is 1. The van der Waals surface area contributed by atoms with E-state index in [1.165, 1.54) is 0 Å².